The smallest absolute Gasteiger partial charge is 0.256 e. The highest BCUT2D eigenvalue weighted by molar-refractivity contribution is 6.08. The summed E-state index contributed by atoms with van der Waals surface area (Å²) in [7, 11) is 0. The Balaban J connectivity index is 1.45. The van der Waals surface area contributed by atoms with E-state index in [0.717, 1.165) is 16.7 Å². The summed E-state index contributed by atoms with van der Waals surface area (Å²) in [4.78, 5) is 35.9. The molecule has 10 nitrogen and oxygen atoms in total. The van der Waals surface area contributed by atoms with Gasteiger partial charge in [0.2, 0.25) is 0 Å². The second-order valence-corrected chi connectivity index (χ2v) is 8.48. The molecule has 0 radical (unpaired) electrons. The van der Waals surface area contributed by atoms with Gasteiger partial charge in [0.05, 0.1) is 5.56 Å². The molecule has 0 atom stereocenters. The summed E-state index contributed by atoms with van der Waals surface area (Å²) in [5, 5.41) is 25.9. The minimum atomic E-state index is -0.672. The third-order valence-electron chi connectivity index (χ3n) is 5.77. The molecule has 0 bridgehead atoms. The van der Waals surface area contributed by atoms with Crippen LogP contribution in [0.4, 0.5) is 23.0 Å². The number of nitrogens with two attached hydrogens (primary N) is 1. The molecule has 1 heterocycles. The SMILES string of the molecule is Cc1cc(CNc2[nH]nc(Nc3ccc(NC(=O)c4ccccc4C=O)cc3)c2C(N)=O)cc(C)c1O. The Morgan fingerprint density at radius 3 is 2.32 bits per heavy atom. The van der Waals surface area contributed by atoms with Crippen LogP contribution in [0.15, 0.2) is 60.7 Å². The maximum Gasteiger partial charge on any atom is 0.256 e. The van der Waals surface area contributed by atoms with Crippen molar-refractivity contribution in [1.82, 2.24) is 10.2 Å². The second-order valence-electron chi connectivity index (χ2n) is 8.48. The lowest BCUT2D eigenvalue weighted by Gasteiger charge is -2.11. The molecule has 0 aliphatic carbocycles. The standard InChI is InChI=1S/C27H26N6O4/c1-15-11-17(12-16(2)23(15)35)13-29-25-22(24(28)36)26(33-32-25)30-19-7-9-20(10-8-19)31-27(37)21-6-4-3-5-18(21)14-34/h3-12,14,35H,13H2,1-2H3,(H2,28,36)(H,31,37)(H3,29,30,32,33). The van der Waals surface area contributed by atoms with Crippen LogP contribution in [0, 0.1) is 13.8 Å². The van der Waals surface area contributed by atoms with Crippen molar-refractivity contribution >= 4 is 41.1 Å². The minimum Gasteiger partial charge on any atom is -0.507 e. The Labute approximate surface area is 212 Å². The number of benzene rings is 3. The number of aryl methyl sites for hydroxylation is 2. The molecular formula is C27H26N6O4. The molecule has 37 heavy (non-hydrogen) atoms. The fourth-order valence-electron chi connectivity index (χ4n) is 3.92. The molecule has 0 aliphatic rings. The first kappa shape index (κ1) is 25.0. The van der Waals surface area contributed by atoms with Crippen LogP contribution in [-0.2, 0) is 6.54 Å². The quantitative estimate of drug-likeness (QED) is 0.188. The summed E-state index contributed by atoms with van der Waals surface area (Å²) in [5.41, 5.74) is 9.93. The molecule has 0 unspecified atom stereocenters. The van der Waals surface area contributed by atoms with Crippen LogP contribution >= 0.6 is 0 Å². The Hall–Kier alpha value is -5.12. The zero-order valence-corrected chi connectivity index (χ0v) is 20.3. The first-order chi connectivity index (χ1) is 17.8. The number of hydrogen-bond donors (Lipinski definition) is 6. The average Bonchev–Trinajstić information content (AvgIpc) is 3.29. The van der Waals surface area contributed by atoms with Crippen molar-refractivity contribution in [2.75, 3.05) is 16.0 Å². The first-order valence-corrected chi connectivity index (χ1v) is 11.4. The van der Waals surface area contributed by atoms with E-state index in [1.807, 2.05) is 26.0 Å². The van der Waals surface area contributed by atoms with E-state index in [1.165, 1.54) is 0 Å². The number of aromatic hydroxyl groups is 1. The second kappa shape index (κ2) is 10.6. The summed E-state index contributed by atoms with van der Waals surface area (Å²) >= 11 is 0. The summed E-state index contributed by atoms with van der Waals surface area (Å²) in [6, 6.07) is 17.0. The molecular weight excluding hydrogens is 472 g/mol. The predicted molar refractivity (Wildman–Crippen MR) is 142 cm³/mol. The van der Waals surface area contributed by atoms with E-state index in [2.05, 4.69) is 26.1 Å². The third kappa shape index (κ3) is 5.59. The van der Waals surface area contributed by atoms with Crippen LogP contribution in [0.3, 0.4) is 0 Å². The Morgan fingerprint density at radius 2 is 1.68 bits per heavy atom. The van der Waals surface area contributed by atoms with Gasteiger partial charge in [-0.05, 0) is 60.9 Å². The van der Waals surface area contributed by atoms with Crippen molar-refractivity contribution in [3.8, 4) is 5.75 Å². The van der Waals surface area contributed by atoms with Gasteiger partial charge in [0.25, 0.3) is 11.8 Å². The van der Waals surface area contributed by atoms with Crippen LogP contribution in [0.5, 0.6) is 5.75 Å². The van der Waals surface area contributed by atoms with Crippen molar-refractivity contribution in [2.24, 2.45) is 5.73 Å². The maximum absolute atomic E-state index is 12.5. The summed E-state index contributed by atoms with van der Waals surface area (Å²) in [5.74, 6) is -0.220. The molecule has 0 saturated heterocycles. The van der Waals surface area contributed by atoms with Crippen molar-refractivity contribution < 1.29 is 19.5 Å². The summed E-state index contributed by atoms with van der Waals surface area (Å²) in [6.45, 7) is 4.02. The summed E-state index contributed by atoms with van der Waals surface area (Å²) in [6.07, 6.45) is 0.637. The number of phenolic OH excluding ortho intramolecular Hbond substituents is 1. The number of rotatable bonds is 9. The molecule has 0 spiro atoms. The van der Waals surface area contributed by atoms with Crippen LogP contribution in [0.25, 0.3) is 0 Å². The molecule has 4 rings (SSSR count). The lowest BCUT2D eigenvalue weighted by Crippen LogP contribution is -2.15. The number of carbonyl (C=O) groups is 3. The Kier molecular flexibility index (Phi) is 7.19. The molecule has 0 aliphatic heterocycles. The minimum absolute atomic E-state index is 0.162. The lowest BCUT2D eigenvalue weighted by atomic mass is 10.1. The number of anilines is 4. The van der Waals surface area contributed by atoms with Gasteiger partial charge in [0.1, 0.15) is 17.1 Å². The molecule has 188 valence electrons. The topological polar surface area (TPSA) is 162 Å². The zero-order valence-electron chi connectivity index (χ0n) is 20.3. The van der Waals surface area contributed by atoms with E-state index >= 15 is 0 Å². The Bertz CT molecular complexity index is 1450. The van der Waals surface area contributed by atoms with E-state index in [1.54, 1.807) is 48.5 Å². The number of aldehydes is 1. The number of aromatic nitrogens is 2. The van der Waals surface area contributed by atoms with Crippen LogP contribution in [0.2, 0.25) is 0 Å². The number of H-pyrrole nitrogens is 1. The van der Waals surface area contributed by atoms with E-state index in [-0.39, 0.29) is 22.7 Å². The molecule has 4 aromatic rings. The van der Waals surface area contributed by atoms with Gasteiger partial charge in [-0.2, -0.15) is 5.10 Å². The number of primary amides is 1. The highest BCUT2D eigenvalue weighted by Crippen LogP contribution is 2.27. The van der Waals surface area contributed by atoms with Crippen molar-refractivity contribution in [3.63, 3.8) is 0 Å². The molecule has 1 aromatic heterocycles. The zero-order chi connectivity index (χ0) is 26.5. The number of amides is 2. The number of phenols is 1. The van der Waals surface area contributed by atoms with Crippen LogP contribution < -0.4 is 21.7 Å². The van der Waals surface area contributed by atoms with Crippen LogP contribution in [-0.4, -0.2) is 33.4 Å². The van der Waals surface area contributed by atoms with Gasteiger partial charge in [0, 0.05) is 23.5 Å². The molecule has 7 N–H and O–H groups in total. The fraction of sp³-hybridized carbons (Fsp3) is 0.111. The molecule has 0 fully saturated rings. The molecule has 10 heteroatoms. The van der Waals surface area contributed by atoms with Crippen LogP contribution in [0.1, 0.15) is 47.8 Å². The van der Waals surface area contributed by atoms with Gasteiger partial charge in [-0.3, -0.25) is 19.5 Å². The monoisotopic (exact) mass is 498 g/mol. The molecule has 2 amide bonds. The number of carbonyl (C=O) groups excluding carboxylic acids is 3. The Morgan fingerprint density at radius 1 is 1.03 bits per heavy atom. The first-order valence-electron chi connectivity index (χ1n) is 11.4. The van der Waals surface area contributed by atoms with Gasteiger partial charge in [0.15, 0.2) is 12.1 Å². The van der Waals surface area contributed by atoms with E-state index in [4.69, 9.17) is 5.73 Å². The van der Waals surface area contributed by atoms with Crippen molar-refractivity contribution in [3.05, 3.63) is 94.0 Å². The number of aromatic amines is 1. The molecule has 0 saturated carbocycles. The van der Waals surface area contributed by atoms with E-state index in [9.17, 15) is 19.5 Å². The summed E-state index contributed by atoms with van der Waals surface area (Å²) < 4.78 is 0. The third-order valence-corrected chi connectivity index (χ3v) is 5.77. The van der Waals surface area contributed by atoms with Crippen molar-refractivity contribution in [2.45, 2.75) is 20.4 Å². The van der Waals surface area contributed by atoms with Gasteiger partial charge in [-0.25, -0.2) is 0 Å². The van der Waals surface area contributed by atoms with Gasteiger partial charge in [-0.15, -0.1) is 0 Å². The lowest BCUT2D eigenvalue weighted by molar-refractivity contribution is 0.0999. The maximum atomic E-state index is 12.5. The number of nitrogens with one attached hydrogen (secondary N) is 4. The van der Waals surface area contributed by atoms with Gasteiger partial charge >= 0.3 is 0 Å². The van der Waals surface area contributed by atoms with E-state index < -0.39 is 11.8 Å². The molecule has 3 aromatic carbocycles. The highest BCUT2D eigenvalue weighted by Gasteiger charge is 2.19. The van der Waals surface area contributed by atoms with Gasteiger partial charge in [-0.1, -0.05) is 30.3 Å². The normalized spacial score (nSPS) is 10.5. The number of hydrogen-bond acceptors (Lipinski definition) is 7. The highest BCUT2D eigenvalue weighted by atomic mass is 16.3. The van der Waals surface area contributed by atoms with Gasteiger partial charge < -0.3 is 26.8 Å². The van der Waals surface area contributed by atoms with Crippen molar-refractivity contribution in [1.29, 1.82) is 0 Å². The predicted octanol–water partition coefficient (Wildman–Crippen LogP) is 4.25. The fourth-order valence-corrected chi connectivity index (χ4v) is 3.92. The van der Waals surface area contributed by atoms with E-state index in [0.29, 0.717) is 35.6 Å². The largest absolute Gasteiger partial charge is 0.507 e. The average molecular weight is 499 g/mol. The number of nitrogens with zero attached hydrogens (tertiary/aromatic N) is 1.